The summed E-state index contributed by atoms with van der Waals surface area (Å²) in [5.41, 5.74) is 3.36. The Labute approximate surface area is 113 Å². The summed E-state index contributed by atoms with van der Waals surface area (Å²) in [6.45, 7) is 6.51. The average Bonchev–Trinajstić information content (AvgIpc) is 2.68. The molecule has 0 radical (unpaired) electrons. The molecule has 0 saturated heterocycles. The Bertz CT molecular complexity index is 650. The molecular formula is C15H17N3O. The van der Waals surface area contributed by atoms with Gasteiger partial charge in [-0.25, -0.2) is 4.98 Å². The van der Waals surface area contributed by atoms with E-state index in [0.717, 1.165) is 28.4 Å². The van der Waals surface area contributed by atoms with Crippen molar-refractivity contribution >= 4 is 0 Å². The molecule has 0 N–H and O–H groups in total. The average molecular weight is 255 g/mol. The topological polar surface area (TPSA) is 50.8 Å². The molecule has 4 heteroatoms. The van der Waals surface area contributed by atoms with E-state index < -0.39 is 0 Å². The summed E-state index contributed by atoms with van der Waals surface area (Å²) in [5.74, 6) is 1.71. The lowest BCUT2D eigenvalue weighted by molar-refractivity contribution is 0.338. The number of benzene rings is 1. The van der Waals surface area contributed by atoms with Crippen LogP contribution >= 0.6 is 0 Å². The monoisotopic (exact) mass is 255 g/mol. The lowest BCUT2D eigenvalue weighted by Crippen LogP contribution is -1.97. The van der Waals surface area contributed by atoms with E-state index in [4.69, 9.17) is 4.74 Å². The van der Waals surface area contributed by atoms with Gasteiger partial charge in [-0.1, -0.05) is 0 Å². The van der Waals surface area contributed by atoms with Gasteiger partial charge in [0.15, 0.2) is 5.69 Å². The molecule has 2 rings (SSSR count). The first-order valence-corrected chi connectivity index (χ1v) is 6.25. The number of rotatable bonds is 3. The Morgan fingerprint density at radius 2 is 2.11 bits per heavy atom. The molecule has 0 aliphatic rings. The highest BCUT2D eigenvalue weighted by molar-refractivity contribution is 5.67. The molecule has 4 nitrogen and oxygen atoms in total. The molecule has 0 bridgehead atoms. The summed E-state index contributed by atoms with van der Waals surface area (Å²) in [5, 5.41) is 9.18. The van der Waals surface area contributed by atoms with Gasteiger partial charge in [0, 0.05) is 12.6 Å². The van der Waals surface area contributed by atoms with Gasteiger partial charge in [0.05, 0.1) is 12.3 Å². The quantitative estimate of drug-likeness (QED) is 0.847. The van der Waals surface area contributed by atoms with Crippen LogP contribution in [0.25, 0.3) is 11.3 Å². The zero-order valence-electron chi connectivity index (χ0n) is 11.7. The van der Waals surface area contributed by atoms with Crippen LogP contribution in [-0.4, -0.2) is 16.2 Å². The van der Waals surface area contributed by atoms with Gasteiger partial charge in [-0.3, -0.25) is 0 Å². The molecule has 0 spiro atoms. The maximum atomic E-state index is 9.18. The molecule has 1 aromatic carbocycles. The molecule has 0 aliphatic heterocycles. The molecule has 0 unspecified atom stereocenters. The third-order valence-corrected chi connectivity index (χ3v) is 3.17. The van der Waals surface area contributed by atoms with E-state index in [2.05, 4.69) is 11.1 Å². The summed E-state index contributed by atoms with van der Waals surface area (Å²) in [4.78, 5) is 4.26. The van der Waals surface area contributed by atoms with Crippen LogP contribution in [0.5, 0.6) is 5.75 Å². The summed E-state index contributed by atoms with van der Waals surface area (Å²) >= 11 is 0. The number of hydrogen-bond acceptors (Lipinski definition) is 3. The number of nitrogens with zero attached hydrogens (tertiary/aromatic N) is 3. The lowest BCUT2D eigenvalue weighted by atomic mass is 10.1. The van der Waals surface area contributed by atoms with Crippen LogP contribution in [0.1, 0.15) is 24.0 Å². The van der Waals surface area contributed by atoms with Gasteiger partial charge in [-0.05, 0) is 44.5 Å². The minimum Gasteiger partial charge on any atom is -0.494 e. The van der Waals surface area contributed by atoms with Gasteiger partial charge < -0.3 is 9.30 Å². The Morgan fingerprint density at radius 3 is 2.68 bits per heavy atom. The lowest BCUT2D eigenvalue weighted by Gasteiger charge is -2.10. The molecule has 0 saturated carbocycles. The van der Waals surface area contributed by atoms with Crippen molar-refractivity contribution in [1.82, 2.24) is 9.55 Å². The number of ether oxygens (including phenoxy) is 1. The van der Waals surface area contributed by atoms with Crippen molar-refractivity contribution in [1.29, 1.82) is 5.26 Å². The van der Waals surface area contributed by atoms with Crippen molar-refractivity contribution in [2.45, 2.75) is 20.8 Å². The molecular weight excluding hydrogens is 238 g/mol. The minimum absolute atomic E-state index is 0.462. The molecule has 0 fully saturated rings. The van der Waals surface area contributed by atoms with Gasteiger partial charge in [-0.15, -0.1) is 0 Å². The van der Waals surface area contributed by atoms with Crippen molar-refractivity contribution in [3.8, 4) is 23.1 Å². The van der Waals surface area contributed by atoms with Gasteiger partial charge >= 0.3 is 0 Å². The summed E-state index contributed by atoms with van der Waals surface area (Å²) in [6.07, 6.45) is 0. The molecule has 1 heterocycles. The van der Waals surface area contributed by atoms with E-state index in [-0.39, 0.29) is 0 Å². The molecule has 0 atom stereocenters. The van der Waals surface area contributed by atoms with Crippen LogP contribution in [0.15, 0.2) is 18.2 Å². The Hall–Kier alpha value is -2.28. The third kappa shape index (κ3) is 2.32. The number of aromatic nitrogens is 2. The van der Waals surface area contributed by atoms with Crippen LogP contribution in [0.3, 0.4) is 0 Å². The number of imidazole rings is 1. The van der Waals surface area contributed by atoms with Crippen molar-refractivity contribution in [3.63, 3.8) is 0 Å². The van der Waals surface area contributed by atoms with Crippen LogP contribution in [0.4, 0.5) is 0 Å². The largest absolute Gasteiger partial charge is 0.494 e. The van der Waals surface area contributed by atoms with Crippen LogP contribution in [-0.2, 0) is 7.05 Å². The number of nitriles is 1. The molecule has 2 aromatic rings. The summed E-state index contributed by atoms with van der Waals surface area (Å²) in [6, 6.07) is 8.09. The first-order valence-electron chi connectivity index (χ1n) is 6.25. The standard InChI is InChI=1S/C15H17N3O/c1-5-19-14-7-6-12(8-10(14)2)15-13(9-16)17-11(3)18(15)4/h6-8H,5H2,1-4H3. The molecule has 0 amide bonds. The van der Waals surface area contributed by atoms with E-state index in [9.17, 15) is 5.26 Å². The molecule has 19 heavy (non-hydrogen) atoms. The highest BCUT2D eigenvalue weighted by Gasteiger charge is 2.14. The smallest absolute Gasteiger partial charge is 0.166 e. The van der Waals surface area contributed by atoms with Crippen LogP contribution in [0.2, 0.25) is 0 Å². The zero-order chi connectivity index (χ0) is 14.0. The first kappa shape index (κ1) is 13.2. The Balaban J connectivity index is 2.54. The normalized spacial score (nSPS) is 10.3. The van der Waals surface area contributed by atoms with Crippen molar-refractivity contribution in [3.05, 3.63) is 35.3 Å². The third-order valence-electron chi connectivity index (χ3n) is 3.17. The zero-order valence-corrected chi connectivity index (χ0v) is 11.7. The van der Waals surface area contributed by atoms with Crippen LogP contribution < -0.4 is 4.74 Å². The fourth-order valence-electron chi connectivity index (χ4n) is 2.13. The second kappa shape index (κ2) is 5.15. The second-order valence-electron chi connectivity index (χ2n) is 4.44. The molecule has 98 valence electrons. The minimum atomic E-state index is 0.462. The summed E-state index contributed by atoms with van der Waals surface area (Å²) in [7, 11) is 1.92. The van der Waals surface area contributed by atoms with Gasteiger partial charge in [-0.2, -0.15) is 5.26 Å². The number of aryl methyl sites for hydroxylation is 2. The Morgan fingerprint density at radius 1 is 1.37 bits per heavy atom. The molecule has 0 aliphatic carbocycles. The number of hydrogen-bond donors (Lipinski definition) is 0. The highest BCUT2D eigenvalue weighted by atomic mass is 16.5. The van der Waals surface area contributed by atoms with E-state index in [1.807, 2.05) is 50.6 Å². The van der Waals surface area contributed by atoms with Gasteiger partial charge in [0.2, 0.25) is 0 Å². The predicted octanol–water partition coefficient (Wildman–Crippen LogP) is 2.97. The van der Waals surface area contributed by atoms with Gasteiger partial charge in [0.25, 0.3) is 0 Å². The van der Waals surface area contributed by atoms with Crippen molar-refractivity contribution in [2.24, 2.45) is 7.05 Å². The fraction of sp³-hybridized carbons (Fsp3) is 0.333. The van der Waals surface area contributed by atoms with Crippen molar-refractivity contribution < 1.29 is 4.74 Å². The SMILES string of the molecule is CCOc1ccc(-c2c(C#N)nc(C)n2C)cc1C. The van der Waals surface area contributed by atoms with E-state index >= 15 is 0 Å². The Kier molecular flexibility index (Phi) is 3.57. The fourth-order valence-corrected chi connectivity index (χ4v) is 2.13. The highest BCUT2D eigenvalue weighted by Crippen LogP contribution is 2.28. The van der Waals surface area contributed by atoms with E-state index in [1.54, 1.807) is 0 Å². The second-order valence-corrected chi connectivity index (χ2v) is 4.44. The maximum Gasteiger partial charge on any atom is 0.166 e. The summed E-state index contributed by atoms with van der Waals surface area (Å²) < 4.78 is 7.47. The van der Waals surface area contributed by atoms with Gasteiger partial charge in [0.1, 0.15) is 17.6 Å². The predicted molar refractivity (Wildman–Crippen MR) is 74.0 cm³/mol. The first-order chi connectivity index (χ1) is 9.08. The van der Waals surface area contributed by atoms with E-state index in [0.29, 0.717) is 12.3 Å². The van der Waals surface area contributed by atoms with Crippen LogP contribution in [0, 0.1) is 25.2 Å². The maximum absolute atomic E-state index is 9.18. The molecule has 1 aromatic heterocycles. The van der Waals surface area contributed by atoms with Crippen molar-refractivity contribution in [2.75, 3.05) is 6.61 Å². The van der Waals surface area contributed by atoms with E-state index in [1.165, 1.54) is 0 Å².